The standard InChI is InChI=1S/C11H15N3OS/c1-3-4-5-9-7-16-11(12-9)14-10(15)6-8(2)13-14/h7H,3-6H2,1-2H3. The van der Waals surface area contributed by atoms with E-state index in [-0.39, 0.29) is 5.91 Å². The molecule has 1 aliphatic rings. The summed E-state index contributed by atoms with van der Waals surface area (Å²) in [7, 11) is 0. The normalized spacial score (nSPS) is 15.8. The van der Waals surface area contributed by atoms with E-state index in [0.29, 0.717) is 11.6 Å². The molecule has 0 aliphatic carbocycles. The van der Waals surface area contributed by atoms with Gasteiger partial charge in [-0.15, -0.1) is 11.3 Å². The molecule has 4 nitrogen and oxygen atoms in total. The van der Waals surface area contributed by atoms with Crippen LogP contribution in [-0.2, 0) is 11.2 Å². The van der Waals surface area contributed by atoms with Gasteiger partial charge in [-0.1, -0.05) is 13.3 Å². The van der Waals surface area contributed by atoms with Crippen LogP contribution in [0.4, 0.5) is 5.13 Å². The predicted molar refractivity (Wildman–Crippen MR) is 65.9 cm³/mol. The van der Waals surface area contributed by atoms with Gasteiger partial charge >= 0.3 is 0 Å². The Labute approximate surface area is 99.0 Å². The van der Waals surface area contributed by atoms with Crippen LogP contribution in [0.25, 0.3) is 0 Å². The number of carbonyl (C=O) groups excluding carboxylic acids is 1. The van der Waals surface area contributed by atoms with E-state index in [1.54, 1.807) is 0 Å². The molecule has 1 aliphatic heterocycles. The molecule has 0 fully saturated rings. The van der Waals surface area contributed by atoms with Crippen molar-refractivity contribution in [2.24, 2.45) is 5.10 Å². The average molecular weight is 237 g/mol. The third kappa shape index (κ3) is 2.29. The summed E-state index contributed by atoms with van der Waals surface area (Å²) >= 11 is 1.49. The molecule has 0 N–H and O–H groups in total. The predicted octanol–water partition coefficient (Wildman–Crippen LogP) is 2.60. The van der Waals surface area contributed by atoms with Gasteiger partial charge < -0.3 is 0 Å². The monoisotopic (exact) mass is 237 g/mol. The van der Waals surface area contributed by atoms with Crippen LogP contribution in [0.3, 0.4) is 0 Å². The Balaban J connectivity index is 2.10. The fraction of sp³-hybridized carbons (Fsp3) is 0.545. The number of rotatable bonds is 4. The first-order chi connectivity index (χ1) is 7.70. The molecule has 86 valence electrons. The first-order valence-corrected chi connectivity index (χ1v) is 6.40. The number of hydrogen-bond acceptors (Lipinski definition) is 4. The number of anilines is 1. The number of carbonyl (C=O) groups is 1. The highest BCUT2D eigenvalue weighted by Crippen LogP contribution is 2.25. The summed E-state index contributed by atoms with van der Waals surface area (Å²) in [5.74, 6) is 0.0221. The zero-order valence-corrected chi connectivity index (χ0v) is 10.4. The van der Waals surface area contributed by atoms with Crippen LogP contribution in [0.15, 0.2) is 10.5 Å². The van der Waals surface area contributed by atoms with E-state index in [1.807, 2.05) is 12.3 Å². The highest BCUT2D eigenvalue weighted by molar-refractivity contribution is 7.14. The molecule has 0 unspecified atom stereocenters. The Morgan fingerprint density at radius 2 is 2.38 bits per heavy atom. The second-order valence-corrected chi connectivity index (χ2v) is 4.78. The van der Waals surface area contributed by atoms with E-state index in [9.17, 15) is 4.79 Å². The third-order valence-corrected chi connectivity index (χ3v) is 3.29. The number of unbranched alkanes of at least 4 members (excludes halogenated alkanes) is 1. The van der Waals surface area contributed by atoms with Crippen LogP contribution >= 0.6 is 11.3 Å². The number of amides is 1. The van der Waals surface area contributed by atoms with Gasteiger partial charge in [0, 0.05) is 11.1 Å². The number of hydrogen-bond donors (Lipinski definition) is 0. The lowest BCUT2D eigenvalue weighted by Crippen LogP contribution is -2.19. The van der Waals surface area contributed by atoms with E-state index in [2.05, 4.69) is 17.0 Å². The zero-order chi connectivity index (χ0) is 11.5. The van der Waals surface area contributed by atoms with Gasteiger partial charge in [-0.3, -0.25) is 4.79 Å². The van der Waals surface area contributed by atoms with E-state index in [1.165, 1.54) is 16.3 Å². The molecule has 1 aromatic heterocycles. The molecular formula is C11H15N3OS. The minimum atomic E-state index is 0.0221. The molecule has 1 aromatic rings. The van der Waals surface area contributed by atoms with Crippen molar-refractivity contribution in [3.63, 3.8) is 0 Å². The summed E-state index contributed by atoms with van der Waals surface area (Å²) in [6.07, 6.45) is 3.70. The lowest BCUT2D eigenvalue weighted by atomic mass is 10.2. The van der Waals surface area contributed by atoms with Crippen molar-refractivity contribution in [3.8, 4) is 0 Å². The van der Waals surface area contributed by atoms with Crippen molar-refractivity contribution in [2.45, 2.75) is 39.5 Å². The fourth-order valence-corrected chi connectivity index (χ4v) is 2.40. The first-order valence-electron chi connectivity index (χ1n) is 5.52. The number of thiazole rings is 1. The highest BCUT2D eigenvalue weighted by atomic mass is 32.1. The molecule has 0 radical (unpaired) electrons. The molecular weight excluding hydrogens is 222 g/mol. The van der Waals surface area contributed by atoms with E-state index < -0.39 is 0 Å². The Hall–Kier alpha value is -1.23. The molecule has 0 spiro atoms. The molecule has 0 bridgehead atoms. The smallest absolute Gasteiger partial charge is 0.255 e. The molecule has 2 heterocycles. The molecule has 2 rings (SSSR count). The molecule has 1 amide bonds. The maximum atomic E-state index is 11.6. The van der Waals surface area contributed by atoms with Crippen molar-refractivity contribution >= 4 is 28.1 Å². The number of nitrogens with zero attached hydrogens (tertiary/aromatic N) is 3. The van der Waals surface area contributed by atoms with Gasteiger partial charge in [0.05, 0.1) is 12.1 Å². The minimum Gasteiger partial charge on any atom is -0.272 e. The summed E-state index contributed by atoms with van der Waals surface area (Å²) in [5, 5.41) is 8.32. The van der Waals surface area contributed by atoms with Gasteiger partial charge in [-0.2, -0.15) is 10.1 Å². The van der Waals surface area contributed by atoms with Crippen LogP contribution < -0.4 is 5.01 Å². The van der Waals surface area contributed by atoms with E-state index >= 15 is 0 Å². The average Bonchev–Trinajstić information content (AvgIpc) is 2.82. The Morgan fingerprint density at radius 1 is 1.56 bits per heavy atom. The van der Waals surface area contributed by atoms with Gasteiger partial charge in [0.25, 0.3) is 5.91 Å². The van der Waals surface area contributed by atoms with Crippen LogP contribution in [0, 0.1) is 0 Å². The quantitative estimate of drug-likeness (QED) is 0.808. The van der Waals surface area contributed by atoms with E-state index in [4.69, 9.17) is 0 Å². The van der Waals surface area contributed by atoms with Gasteiger partial charge in [0.2, 0.25) is 5.13 Å². The molecule has 0 aromatic carbocycles. The summed E-state index contributed by atoms with van der Waals surface area (Å²) in [6.45, 7) is 4.02. The van der Waals surface area contributed by atoms with Crippen LogP contribution in [-0.4, -0.2) is 16.6 Å². The van der Waals surface area contributed by atoms with Crippen molar-refractivity contribution in [1.82, 2.24) is 4.98 Å². The first kappa shape index (κ1) is 11.3. The summed E-state index contributed by atoms with van der Waals surface area (Å²) in [5.41, 5.74) is 1.92. The lowest BCUT2D eigenvalue weighted by molar-refractivity contribution is -0.116. The van der Waals surface area contributed by atoms with Crippen molar-refractivity contribution in [2.75, 3.05) is 5.01 Å². The zero-order valence-electron chi connectivity index (χ0n) is 9.56. The Bertz CT molecular complexity index is 425. The van der Waals surface area contributed by atoms with Gasteiger partial charge in [-0.05, 0) is 19.8 Å². The maximum Gasteiger partial charge on any atom is 0.255 e. The SMILES string of the molecule is CCCCc1csc(N2N=C(C)CC2=O)n1. The van der Waals surface area contributed by atoms with Gasteiger partial charge in [0.15, 0.2) is 0 Å². The number of aromatic nitrogens is 1. The Kier molecular flexibility index (Phi) is 3.33. The van der Waals surface area contributed by atoms with Crippen LogP contribution in [0.2, 0.25) is 0 Å². The summed E-state index contributed by atoms with van der Waals surface area (Å²) in [4.78, 5) is 16.0. The lowest BCUT2D eigenvalue weighted by Gasteiger charge is -2.05. The molecule has 0 saturated carbocycles. The van der Waals surface area contributed by atoms with Crippen molar-refractivity contribution in [3.05, 3.63) is 11.1 Å². The molecule has 16 heavy (non-hydrogen) atoms. The number of aryl methyl sites for hydroxylation is 1. The molecule has 5 heteroatoms. The topological polar surface area (TPSA) is 45.6 Å². The second-order valence-electron chi connectivity index (χ2n) is 3.94. The Morgan fingerprint density at radius 3 is 3.00 bits per heavy atom. The number of hydrazone groups is 1. The van der Waals surface area contributed by atoms with Crippen LogP contribution in [0.1, 0.15) is 38.8 Å². The van der Waals surface area contributed by atoms with Gasteiger partial charge in [0.1, 0.15) is 0 Å². The molecule has 0 atom stereocenters. The second kappa shape index (κ2) is 4.74. The van der Waals surface area contributed by atoms with E-state index in [0.717, 1.165) is 30.7 Å². The van der Waals surface area contributed by atoms with Crippen molar-refractivity contribution < 1.29 is 4.79 Å². The summed E-state index contributed by atoms with van der Waals surface area (Å²) in [6, 6.07) is 0. The fourth-order valence-electron chi connectivity index (χ4n) is 1.57. The van der Waals surface area contributed by atoms with Crippen LogP contribution in [0.5, 0.6) is 0 Å². The third-order valence-electron chi connectivity index (χ3n) is 2.42. The minimum absolute atomic E-state index is 0.0221. The van der Waals surface area contributed by atoms with Crippen molar-refractivity contribution in [1.29, 1.82) is 0 Å². The van der Waals surface area contributed by atoms with Gasteiger partial charge in [-0.25, -0.2) is 4.98 Å². The summed E-state index contributed by atoms with van der Waals surface area (Å²) < 4.78 is 0. The maximum absolute atomic E-state index is 11.6. The highest BCUT2D eigenvalue weighted by Gasteiger charge is 2.24. The largest absolute Gasteiger partial charge is 0.272 e. The molecule has 0 saturated heterocycles.